The van der Waals surface area contributed by atoms with Crippen LogP contribution in [0.15, 0.2) is 0 Å². The Bertz CT molecular complexity index is 293. The van der Waals surface area contributed by atoms with Gasteiger partial charge in [-0.3, -0.25) is 4.79 Å². The molecule has 1 aliphatic carbocycles. The van der Waals surface area contributed by atoms with Gasteiger partial charge in [0.2, 0.25) is 0 Å². The molecule has 2 rings (SSSR count). The third-order valence-corrected chi connectivity index (χ3v) is 4.00. The fourth-order valence-electron chi connectivity index (χ4n) is 2.53. The second kappa shape index (κ2) is 6.19. The lowest BCUT2D eigenvalue weighted by atomic mass is 9.64. The number of carbonyl (C=O) groups excluding carboxylic acids is 1. The summed E-state index contributed by atoms with van der Waals surface area (Å²) in [6, 6.07) is 0.186. The van der Waals surface area contributed by atoms with E-state index in [2.05, 4.69) is 24.5 Å². The zero-order valence-electron chi connectivity index (χ0n) is 11.2. The molecular formula is C12H23ClN2O3. The first-order valence-electron chi connectivity index (χ1n) is 6.21. The Morgan fingerprint density at radius 2 is 2.22 bits per heavy atom. The molecule has 0 aromatic carbocycles. The Hall–Kier alpha value is -0.360. The van der Waals surface area contributed by atoms with Crippen molar-refractivity contribution in [2.45, 2.75) is 38.5 Å². The number of ether oxygens (including phenoxy) is 2. The summed E-state index contributed by atoms with van der Waals surface area (Å²) in [4.78, 5) is 12.0. The van der Waals surface area contributed by atoms with E-state index in [1.165, 1.54) is 0 Å². The van der Waals surface area contributed by atoms with Crippen LogP contribution in [0.2, 0.25) is 0 Å². The molecule has 0 radical (unpaired) electrons. The molecule has 106 valence electrons. The maximum absolute atomic E-state index is 12.0. The van der Waals surface area contributed by atoms with Crippen LogP contribution in [0.1, 0.15) is 20.3 Å². The van der Waals surface area contributed by atoms with Gasteiger partial charge in [0.05, 0.1) is 12.7 Å². The molecule has 0 spiro atoms. The van der Waals surface area contributed by atoms with E-state index in [9.17, 15) is 4.79 Å². The van der Waals surface area contributed by atoms with Gasteiger partial charge in [-0.15, -0.1) is 12.4 Å². The van der Waals surface area contributed by atoms with Crippen molar-refractivity contribution >= 4 is 18.3 Å². The molecule has 6 heteroatoms. The Labute approximate surface area is 114 Å². The van der Waals surface area contributed by atoms with Gasteiger partial charge in [-0.1, -0.05) is 13.8 Å². The van der Waals surface area contributed by atoms with Crippen LogP contribution in [0.4, 0.5) is 0 Å². The predicted molar refractivity (Wildman–Crippen MR) is 71.0 cm³/mol. The van der Waals surface area contributed by atoms with E-state index in [1.807, 2.05) is 0 Å². The van der Waals surface area contributed by atoms with Crippen molar-refractivity contribution in [1.29, 1.82) is 0 Å². The quantitative estimate of drug-likeness (QED) is 0.781. The molecule has 1 heterocycles. The van der Waals surface area contributed by atoms with Gasteiger partial charge in [-0.25, -0.2) is 0 Å². The number of halogens is 1. The number of hydrogen-bond acceptors (Lipinski definition) is 4. The van der Waals surface area contributed by atoms with Crippen LogP contribution in [0.5, 0.6) is 0 Å². The van der Waals surface area contributed by atoms with Gasteiger partial charge >= 0.3 is 0 Å². The lowest BCUT2D eigenvalue weighted by Gasteiger charge is -2.51. The fraction of sp³-hybridized carbons (Fsp3) is 0.917. The molecule has 1 amide bonds. The third-order valence-electron chi connectivity index (χ3n) is 4.00. The average Bonchev–Trinajstić information content (AvgIpc) is 2.34. The zero-order valence-corrected chi connectivity index (χ0v) is 12.0. The minimum absolute atomic E-state index is 0. The van der Waals surface area contributed by atoms with Crippen molar-refractivity contribution in [3.05, 3.63) is 0 Å². The molecule has 18 heavy (non-hydrogen) atoms. The van der Waals surface area contributed by atoms with Gasteiger partial charge in [0.1, 0.15) is 6.10 Å². The molecule has 0 aromatic heterocycles. The molecule has 2 aliphatic rings. The number of amides is 1. The third kappa shape index (κ3) is 2.96. The molecule has 0 aromatic rings. The Kier molecular flexibility index (Phi) is 5.40. The average molecular weight is 279 g/mol. The summed E-state index contributed by atoms with van der Waals surface area (Å²) in [5, 5.41) is 6.21. The number of hydrogen-bond donors (Lipinski definition) is 2. The van der Waals surface area contributed by atoms with E-state index in [0.29, 0.717) is 13.2 Å². The monoisotopic (exact) mass is 278 g/mol. The summed E-state index contributed by atoms with van der Waals surface area (Å²) >= 11 is 0. The molecule has 5 nitrogen and oxygen atoms in total. The summed E-state index contributed by atoms with van der Waals surface area (Å²) in [5.74, 6) is -0.00942. The van der Waals surface area contributed by atoms with Gasteiger partial charge in [0.15, 0.2) is 0 Å². The largest absolute Gasteiger partial charge is 0.381 e. The summed E-state index contributed by atoms with van der Waals surface area (Å²) in [6.45, 7) is 6.27. The van der Waals surface area contributed by atoms with Crippen molar-refractivity contribution in [2.24, 2.45) is 5.41 Å². The molecule has 3 unspecified atom stereocenters. The molecule has 3 atom stereocenters. The van der Waals surface area contributed by atoms with Crippen LogP contribution in [0.3, 0.4) is 0 Å². The van der Waals surface area contributed by atoms with Crippen LogP contribution in [0, 0.1) is 5.41 Å². The first-order chi connectivity index (χ1) is 8.05. The van der Waals surface area contributed by atoms with Gasteiger partial charge < -0.3 is 20.1 Å². The molecular weight excluding hydrogens is 256 g/mol. The van der Waals surface area contributed by atoms with Crippen LogP contribution >= 0.6 is 12.4 Å². The first kappa shape index (κ1) is 15.7. The summed E-state index contributed by atoms with van der Waals surface area (Å²) in [7, 11) is 1.72. The molecule has 1 aliphatic heterocycles. The molecule has 1 saturated carbocycles. The summed E-state index contributed by atoms with van der Waals surface area (Å²) < 4.78 is 10.8. The molecule has 1 saturated heterocycles. The summed E-state index contributed by atoms with van der Waals surface area (Å²) in [5.41, 5.74) is 0.00645. The second-order valence-electron chi connectivity index (χ2n) is 5.41. The van der Waals surface area contributed by atoms with E-state index in [-0.39, 0.29) is 42.0 Å². The van der Waals surface area contributed by atoms with E-state index >= 15 is 0 Å². The van der Waals surface area contributed by atoms with Crippen LogP contribution < -0.4 is 10.6 Å². The van der Waals surface area contributed by atoms with E-state index < -0.39 is 0 Å². The van der Waals surface area contributed by atoms with E-state index in [4.69, 9.17) is 9.47 Å². The van der Waals surface area contributed by atoms with Crippen molar-refractivity contribution in [2.75, 3.05) is 26.8 Å². The highest BCUT2D eigenvalue weighted by Gasteiger charge is 2.49. The van der Waals surface area contributed by atoms with Crippen molar-refractivity contribution in [3.8, 4) is 0 Å². The predicted octanol–water partition coefficient (Wildman–Crippen LogP) is 0.326. The minimum atomic E-state index is -0.346. The first-order valence-corrected chi connectivity index (χ1v) is 6.21. The van der Waals surface area contributed by atoms with Gasteiger partial charge in [-0.05, 0) is 6.42 Å². The Morgan fingerprint density at radius 3 is 2.72 bits per heavy atom. The number of nitrogens with one attached hydrogen (secondary N) is 2. The second-order valence-corrected chi connectivity index (χ2v) is 5.41. The van der Waals surface area contributed by atoms with Crippen LogP contribution in [-0.4, -0.2) is 51.0 Å². The van der Waals surface area contributed by atoms with Crippen molar-refractivity contribution < 1.29 is 14.3 Å². The van der Waals surface area contributed by atoms with E-state index in [0.717, 1.165) is 13.0 Å². The fourth-order valence-corrected chi connectivity index (χ4v) is 2.53. The van der Waals surface area contributed by atoms with Gasteiger partial charge in [0, 0.05) is 31.7 Å². The lowest BCUT2D eigenvalue weighted by Crippen LogP contribution is -2.63. The highest BCUT2D eigenvalue weighted by atomic mass is 35.5. The van der Waals surface area contributed by atoms with Crippen LogP contribution in [-0.2, 0) is 14.3 Å². The SMILES string of the molecule is COC1CC(NC(=O)C2CNCCO2)C1(C)C.Cl. The molecule has 2 N–H and O–H groups in total. The van der Waals surface area contributed by atoms with E-state index in [1.54, 1.807) is 7.11 Å². The normalized spacial score (nSPS) is 34.1. The smallest absolute Gasteiger partial charge is 0.250 e. The lowest BCUT2D eigenvalue weighted by molar-refractivity contribution is -0.144. The Morgan fingerprint density at radius 1 is 1.50 bits per heavy atom. The topological polar surface area (TPSA) is 59.6 Å². The number of morpholine rings is 1. The number of rotatable bonds is 3. The van der Waals surface area contributed by atoms with Gasteiger partial charge in [-0.2, -0.15) is 0 Å². The van der Waals surface area contributed by atoms with Crippen LogP contribution in [0.25, 0.3) is 0 Å². The number of carbonyl (C=O) groups is 1. The highest BCUT2D eigenvalue weighted by molar-refractivity contribution is 5.85. The highest BCUT2D eigenvalue weighted by Crippen LogP contribution is 2.42. The van der Waals surface area contributed by atoms with Gasteiger partial charge in [0.25, 0.3) is 5.91 Å². The maximum Gasteiger partial charge on any atom is 0.250 e. The molecule has 2 fully saturated rings. The van der Waals surface area contributed by atoms with Crippen molar-refractivity contribution in [1.82, 2.24) is 10.6 Å². The Balaban J connectivity index is 0.00000162. The minimum Gasteiger partial charge on any atom is -0.381 e. The maximum atomic E-state index is 12.0. The zero-order chi connectivity index (χ0) is 12.5. The van der Waals surface area contributed by atoms with Crippen molar-refractivity contribution in [3.63, 3.8) is 0 Å². The summed E-state index contributed by atoms with van der Waals surface area (Å²) in [6.07, 6.45) is 0.773. The standard InChI is InChI=1S/C12H22N2O3.ClH/c1-12(2)9(6-10(12)16-3)14-11(15)8-7-13-4-5-17-8;/h8-10,13H,4-7H2,1-3H3,(H,14,15);1H. The number of methoxy groups -OCH3 is 1. The molecule has 0 bridgehead atoms.